The molecule has 0 radical (unpaired) electrons. The van der Waals surface area contributed by atoms with Gasteiger partial charge in [0.15, 0.2) is 17.3 Å². The van der Waals surface area contributed by atoms with Crippen LogP contribution in [-0.4, -0.2) is 31.6 Å². The summed E-state index contributed by atoms with van der Waals surface area (Å²) in [6.07, 6.45) is 1.83. The molecule has 1 aliphatic heterocycles. The van der Waals surface area contributed by atoms with Gasteiger partial charge in [-0.2, -0.15) is 0 Å². The molecule has 0 aromatic heterocycles. The molecular weight excluding hydrogens is 485 g/mol. The molecule has 0 N–H and O–H groups in total. The number of fused-ring (bicyclic) bond motifs is 1. The average Bonchev–Trinajstić information content (AvgIpc) is 2.99. The summed E-state index contributed by atoms with van der Waals surface area (Å²) in [4.78, 5) is 15.0. The molecule has 0 spiro atoms. The Morgan fingerprint density at radius 3 is 2.50 bits per heavy atom. The highest BCUT2D eigenvalue weighted by molar-refractivity contribution is 14.1. The maximum Gasteiger partial charge on any atom is 0.231 e. The van der Waals surface area contributed by atoms with E-state index in [-0.39, 0.29) is 12.6 Å². The molecule has 0 atom stereocenters. The summed E-state index contributed by atoms with van der Waals surface area (Å²) in [6, 6.07) is 11.2. The Balaban J connectivity index is 2.12. The predicted octanol–water partition coefficient (Wildman–Crippen LogP) is 4.57. The number of allylic oxidation sites excluding steroid dienone is 1. The van der Waals surface area contributed by atoms with Crippen LogP contribution in [-0.2, 0) is 0 Å². The molecule has 0 unspecified atom stereocenters. The maximum absolute atomic E-state index is 13.2. The lowest BCUT2D eigenvalue weighted by molar-refractivity contribution is 0.105. The molecule has 3 rings (SSSR count). The van der Waals surface area contributed by atoms with E-state index in [0.717, 1.165) is 13.6 Å². The third kappa shape index (κ3) is 3.44. The van der Waals surface area contributed by atoms with Crippen LogP contribution >= 0.6 is 38.5 Å². The zero-order chi connectivity index (χ0) is 17.3. The Labute approximate surface area is 162 Å². The lowest BCUT2D eigenvalue weighted by Crippen LogP contribution is -2.10. The molecule has 2 aromatic carbocycles. The first-order valence-electron chi connectivity index (χ1n) is 7.24. The van der Waals surface area contributed by atoms with Gasteiger partial charge in [0.1, 0.15) is 0 Å². The van der Waals surface area contributed by atoms with Crippen LogP contribution in [0, 0.1) is 3.57 Å². The topological polar surface area (TPSA) is 38.8 Å². The molecule has 4 nitrogen and oxygen atoms in total. The summed E-state index contributed by atoms with van der Waals surface area (Å²) in [5.41, 5.74) is 2.06. The summed E-state index contributed by atoms with van der Waals surface area (Å²) in [7, 11) is 3.79. The van der Waals surface area contributed by atoms with E-state index in [1.807, 2.05) is 61.6 Å². The number of hydrogen-bond donors (Lipinski definition) is 0. The van der Waals surface area contributed by atoms with E-state index in [4.69, 9.17) is 9.47 Å². The molecule has 0 aliphatic carbocycles. The van der Waals surface area contributed by atoms with E-state index >= 15 is 0 Å². The molecule has 0 amide bonds. The van der Waals surface area contributed by atoms with E-state index in [1.54, 1.807) is 0 Å². The van der Waals surface area contributed by atoms with E-state index < -0.39 is 0 Å². The third-order valence-corrected chi connectivity index (χ3v) is 5.09. The second-order valence-corrected chi connectivity index (χ2v) is 7.52. The molecule has 2 aromatic rings. The Morgan fingerprint density at radius 1 is 1.17 bits per heavy atom. The van der Waals surface area contributed by atoms with Crippen molar-refractivity contribution in [3.8, 4) is 11.5 Å². The number of ketones is 1. The standard InChI is InChI=1S/C18H15BrINO3/c1-21(2)9-13(18(22)11-5-3-4-6-14(11)19)12-7-16-17(8-15(12)20)24-10-23-16/h3-9H,10H2,1-2H3/b13-9+. The van der Waals surface area contributed by atoms with Gasteiger partial charge in [0.2, 0.25) is 6.79 Å². The second-order valence-electron chi connectivity index (χ2n) is 5.50. The first-order valence-corrected chi connectivity index (χ1v) is 9.11. The minimum Gasteiger partial charge on any atom is -0.454 e. The largest absolute Gasteiger partial charge is 0.454 e. The van der Waals surface area contributed by atoms with Crippen molar-refractivity contribution in [2.75, 3.05) is 20.9 Å². The number of rotatable bonds is 4. The van der Waals surface area contributed by atoms with Crippen LogP contribution in [0.25, 0.3) is 5.57 Å². The normalized spacial score (nSPS) is 13.1. The Hall–Kier alpha value is -1.54. The third-order valence-electron chi connectivity index (χ3n) is 3.50. The SMILES string of the molecule is CN(C)/C=C(/C(=O)c1ccccc1Br)c1cc2c(cc1I)OCO2. The Bertz CT molecular complexity index is 833. The lowest BCUT2D eigenvalue weighted by Gasteiger charge is -2.14. The minimum atomic E-state index is -0.0482. The van der Waals surface area contributed by atoms with Gasteiger partial charge in [-0.05, 0) is 46.9 Å². The van der Waals surface area contributed by atoms with Crippen molar-refractivity contribution in [1.82, 2.24) is 4.90 Å². The van der Waals surface area contributed by atoms with E-state index in [2.05, 4.69) is 38.5 Å². The van der Waals surface area contributed by atoms with Crippen LogP contribution in [0.2, 0.25) is 0 Å². The van der Waals surface area contributed by atoms with Gasteiger partial charge in [-0.3, -0.25) is 4.79 Å². The van der Waals surface area contributed by atoms with Crippen molar-refractivity contribution in [3.63, 3.8) is 0 Å². The van der Waals surface area contributed by atoms with Crippen molar-refractivity contribution in [2.45, 2.75) is 0 Å². The highest BCUT2D eigenvalue weighted by Crippen LogP contribution is 2.38. The Kier molecular flexibility index (Phi) is 5.15. The number of hydrogen-bond acceptors (Lipinski definition) is 4. The molecule has 1 heterocycles. The molecule has 0 saturated heterocycles. The highest BCUT2D eigenvalue weighted by Gasteiger charge is 2.23. The molecular formula is C18H15BrINO3. The first kappa shape index (κ1) is 17.3. The van der Waals surface area contributed by atoms with Gasteiger partial charge in [0.25, 0.3) is 0 Å². The molecule has 24 heavy (non-hydrogen) atoms. The second kappa shape index (κ2) is 7.14. The van der Waals surface area contributed by atoms with Crippen LogP contribution in [0.4, 0.5) is 0 Å². The monoisotopic (exact) mass is 499 g/mol. The molecule has 0 saturated carbocycles. The minimum absolute atomic E-state index is 0.0482. The van der Waals surface area contributed by atoms with Crippen LogP contribution in [0.1, 0.15) is 15.9 Å². The Morgan fingerprint density at radius 2 is 1.83 bits per heavy atom. The van der Waals surface area contributed by atoms with Crippen LogP contribution < -0.4 is 9.47 Å². The molecule has 0 fully saturated rings. The predicted molar refractivity (Wildman–Crippen MR) is 105 cm³/mol. The smallest absolute Gasteiger partial charge is 0.231 e. The van der Waals surface area contributed by atoms with Crippen LogP contribution in [0.5, 0.6) is 11.5 Å². The number of benzene rings is 2. The molecule has 1 aliphatic rings. The number of carbonyl (C=O) groups excluding carboxylic acids is 1. The lowest BCUT2D eigenvalue weighted by atomic mass is 9.97. The van der Waals surface area contributed by atoms with Gasteiger partial charge in [0, 0.05) is 45.0 Å². The van der Waals surface area contributed by atoms with Crippen molar-refractivity contribution in [1.29, 1.82) is 0 Å². The van der Waals surface area contributed by atoms with Gasteiger partial charge in [-0.1, -0.05) is 28.1 Å². The fourth-order valence-corrected chi connectivity index (χ4v) is 3.62. The first-order chi connectivity index (χ1) is 11.5. The number of nitrogens with zero attached hydrogens (tertiary/aromatic N) is 1. The fourth-order valence-electron chi connectivity index (χ4n) is 2.42. The average molecular weight is 500 g/mol. The van der Waals surface area contributed by atoms with Crippen LogP contribution in [0.15, 0.2) is 47.1 Å². The van der Waals surface area contributed by atoms with Gasteiger partial charge < -0.3 is 14.4 Å². The zero-order valence-electron chi connectivity index (χ0n) is 13.2. The highest BCUT2D eigenvalue weighted by atomic mass is 127. The van der Waals surface area contributed by atoms with Crippen molar-refractivity contribution in [2.24, 2.45) is 0 Å². The van der Waals surface area contributed by atoms with E-state index in [9.17, 15) is 4.79 Å². The molecule has 124 valence electrons. The van der Waals surface area contributed by atoms with E-state index in [1.165, 1.54) is 0 Å². The summed E-state index contributed by atoms with van der Waals surface area (Å²) in [5, 5.41) is 0. The van der Waals surface area contributed by atoms with E-state index in [0.29, 0.717) is 22.6 Å². The van der Waals surface area contributed by atoms with Crippen molar-refractivity contribution >= 4 is 49.9 Å². The fraction of sp³-hybridized carbons (Fsp3) is 0.167. The summed E-state index contributed by atoms with van der Waals surface area (Å²) in [6.45, 7) is 0.208. The van der Waals surface area contributed by atoms with Gasteiger partial charge in [0.05, 0.1) is 0 Å². The summed E-state index contributed by atoms with van der Waals surface area (Å²) in [5.74, 6) is 1.32. The number of halogens is 2. The molecule has 6 heteroatoms. The zero-order valence-corrected chi connectivity index (χ0v) is 16.9. The quantitative estimate of drug-likeness (QED) is 0.351. The number of ether oxygens (including phenoxy) is 2. The van der Waals surface area contributed by atoms with Gasteiger partial charge in [-0.25, -0.2) is 0 Å². The van der Waals surface area contributed by atoms with Gasteiger partial charge in [-0.15, -0.1) is 0 Å². The maximum atomic E-state index is 13.2. The van der Waals surface area contributed by atoms with Crippen molar-refractivity contribution < 1.29 is 14.3 Å². The summed E-state index contributed by atoms with van der Waals surface area (Å²) >= 11 is 5.68. The number of carbonyl (C=O) groups is 1. The van der Waals surface area contributed by atoms with Gasteiger partial charge >= 0.3 is 0 Å². The van der Waals surface area contributed by atoms with Crippen molar-refractivity contribution in [3.05, 3.63) is 61.8 Å². The molecule has 0 bridgehead atoms. The summed E-state index contributed by atoms with van der Waals surface area (Å²) < 4.78 is 12.6. The number of Topliss-reactive ketones (excluding diaryl/α,β-unsaturated/α-hetero) is 1. The van der Waals surface area contributed by atoms with Crippen LogP contribution in [0.3, 0.4) is 0 Å².